The second kappa shape index (κ2) is 6.39. The first-order valence-electron chi connectivity index (χ1n) is 5.39. The molecule has 1 aromatic heterocycles. The molecule has 2 rings (SSSR count). The van der Waals surface area contributed by atoms with Crippen molar-refractivity contribution in [3.05, 3.63) is 11.1 Å². The van der Waals surface area contributed by atoms with Gasteiger partial charge in [-0.3, -0.25) is 4.90 Å². The Morgan fingerprint density at radius 2 is 2.06 bits per heavy atom. The highest BCUT2D eigenvalue weighted by atomic mass is 35.5. The van der Waals surface area contributed by atoms with E-state index in [1.165, 1.54) is 10.0 Å². The summed E-state index contributed by atoms with van der Waals surface area (Å²) in [5.41, 5.74) is 5.54. The molecule has 0 spiro atoms. The molecule has 0 unspecified atom stereocenters. The summed E-state index contributed by atoms with van der Waals surface area (Å²) >= 11 is 1.78. The minimum absolute atomic E-state index is 0. The first kappa shape index (κ1) is 13.7. The Kier molecular flexibility index (Phi) is 5.48. The Balaban J connectivity index is 0.00000128. The number of piperazine rings is 1. The van der Waals surface area contributed by atoms with Gasteiger partial charge in [0.15, 0.2) is 5.13 Å². The lowest BCUT2D eigenvalue weighted by Gasteiger charge is -2.34. The minimum Gasteiger partial charge on any atom is -0.346 e. The molecule has 0 bridgehead atoms. The first-order chi connectivity index (χ1) is 7.29. The van der Waals surface area contributed by atoms with E-state index < -0.39 is 0 Å². The predicted octanol–water partition coefficient (Wildman–Crippen LogP) is 0.954. The molecule has 16 heavy (non-hydrogen) atoms. The molecule has 0 atom stereocenters. The van der Waals surface area contributed by atoms with E-state index in [9.17, 15) is 0 Å². The Morgan fingerprint density at radius 3 is 2.56 bits per heavy atom. The summed E-state index contributed by atoms with van der Waals surface area (Å²) in [6, 6.07) is 0. The lowest BCUT2D eigenvalue weighted by Crippen LogP contribution is -2.47. The number of thiazole rings is 1. The van der Waals surface area contributed by atoms with E-state index in [-0.39, 0.29) is 12.4 Å². The van der Waals surface area contributed by atoms with Gasteiger partial charge in [0, 0.05) is 50.3 Å². The van der Waals surface area contributed by atoms with Gasteiger partial charge in [0.2, 0.25) is 0 Å². The fourth-order valence-electron chi connectivity index (χ4n) is 1.83. The van der Waals surface area contributed by atoms with E-state index >= 15 is 0 Å². The maximum Gasteiger partial charge on any atom is 0.185 e. The standard InChI is InChI=1S/C10H18N4S.ClH/c1-9-8-12-10(15-9)14-6-4-13(3-2-11)5-7-14;/h8H,2-7,11H2,1H3;1H. The van der Waals surface area contributed by atoms with Gasteiger partial charge >= 0.3 is 0 Å². The highest BCUT2D eigenvalue weighted by Gasteiger charge is 2.18. The highest BCUT2D eigenvalue weighted by molar-refractivity contribution is 7.15. The Hall–Kier alpha value is -0.360. The van der Waals surface area contributed by atoms with Crippen LogP contribution in [0.2, 0.25) is 0 Å². The molecule has 92 valence electrons. The van der Waals surface area contributed by atoms with Gasteiger partial charge < -0.3 is 10.6 Å². The second-order valence-corrected chi connectivity index (χ2v) is 5.08. The normalized spacial score (nSPS) is 17.2. The molecule has 2 N–H and O–H groups in total. The van der Waals surface area contributed by atoms with E-state index in [0.717, 1.165) is 39.3 Å². The smallest absolute Gasteiger partial charge is 0.185 e. The van der Waals surface area contributed by atoms with Gasteiger partial charge in [-0.25, -0.2) is 4.98 Å². The Labute approximate surface area is 107 Å². The first-order valence-corrected chi connectivity index (χ1v) is 6.21. The number of rotatable bonds is 3. The molecule has 0 radical (unpaired) electrons. The van der Waals surface area contributed by atoms with Crippen molar-refractivity contribution in [1.29, 1.82) is 0 Å². The molecule has 2 heterocycles. The summed E-state index contributed by atoms with van der Waals surface area (Å²) in [6.07, 6.45) is 1.95. The van der Waals surface area contributed by atoms with Gasteiger partial charge in [0.1, 0.15) is 0 Å². The van der Waals surface area contributed by atoms with Crippen molar-refractivity contribution in [2.75, 3.05) is 44.2 Å². The molecule has 1 aliphatic rings. The van der Waals surface area contributed by atoms with Gasteiger partial charge in [-0.1, -0.05) is 0 Å². The Morgan fingerprint density at radius 1 is 1.38 bits per heavy atom. The maximum atomic E-state index is 5.54. The van der Waals surface area contributed by atoms with Gasteiger partial charge in [-0.2, -0.15) is 0 Å². The van der Waals surface area contributed by atoms with Crippen LogP contribution in [0, 0.1) is 6.92 Å². The molecule has 6 heteroatoms. The van der Waals surface area contributed by atoms with Crippen molar-refractivity contribution in [1.82, 2.24) is 9.88 Å². The molecule has 1 aromatic rings. The number of hydrogen-bond donors (Lipinski definition) is 1. The van der Waals surface area contributed by atoms with Crippen LogP contribution >= 0.6 is 23.7 Å². The predicted molar refractivity (Wildman–Crippen MR) is 71.8 cm³/mol. The zero-order valence-corrected chi connectivity index (χ0v) is 11.2. The molecule has 1 fully saturated rings. The van der Waals surface area contributed by atoms with Crippen LogP contribution in [0.4, 0.5) is 5.13 Å². The van der Waals surface area contributed by atoms with Crippen LogP contribution in [0.1, 0.15) is 4.88 Å². The van der Waals surface area contributed by atoms with Crippen molar-refractivity contribution in [2.24, 2.45) is 5.73 Å². The SMILES string of the molecule is Cc1cnc(N2CCN(CCN)CC2)s1.Cl. The van der Waals surface area contributed by atoms with Crippen molar-refractivity contribution in [3.63, 3.8) is 0 Å². The van der Waals surface area contributed by atoms with Crippen molar-refractivity contribution >= 4 is 28.9 Å². The maximum absolute atomic E-state index is 5.54. The van der Waals surface area contributed by atoms with Crippen LogP contribution in [-0.2, 0) is 0 Å². The molecular formula is C10H19ClN4S. The van der Waals surface area contributed by atoms with E-state index in [0.29, 0.717) is 0 Å². The average Bonchev–Trinajstić information content (AvgIpc) is 2.67. The lowest BCUT2D eigenvalue weighted by atomic mass is 10.3. The summed E-state index contributed by atoms with van der Waals surface area (Å²) in [6.45, 7) is 8.25. The summed E-state index contributed by atoms with van der Waals surface area (Å²) in [7, 11) is 0. The number of aryl methyl sites for hydroxylation is 1. The number of nitrogens with two attached hydrogens (primary N) is 1. The van der Waals surface area contributed by atoms with E-state index in [4.69, 9.17) is 5.73 Å². The summed E-state index contributed by atoms with van der Waals surface area (Å²) in [5.74, 6) is 0. The van der Waals surface area contributed by atoms with Gasteiger partial charge in [0.25, 0.3) is 0 Å². The quantitative estimate of drug-likeness (QED) is 0.881. The number of anilines is 1. The van der Waals surface area contributed by atoms with Gasteiger partial charge in [-0.15, -0.1) is 23.7 Å². The van der Waals surface area contributed by atoms with Crippen molar-refractivity contribution < 1.29 is 0 Å². The molecule has 0 aliphatic carbocycles. The monoisotopic (exact) mass is 262 g/mol. The van der Waals surface area contributed by atoms with Crippen molar-refractivity contribution in [2.45, 2.75) is 6.92 Å². The molecule has 1 saturated heterocycles. The third-order valence-electron chi connectivity index (χ3n) is 2.70. The molecular weight excluding hydrogens is 244 g/mol. The van der Waals surface area contributed by atoms with Gasteiger partial charge in [0.05, 0.1) is 0 Å². The van der Waals surface area contributed by atoms with Crippen molar-refractivity contribution in [3.8, 4) is 0 Å². The fraction of sp³-hybridized carbons (Fsp3) is 0.700. The molecule has 0 aromatic carbocycles. The molecule has 1 aliphatic heterocycles. The molecule has 0 saturated carbocycles. The number of nitrogens with zero attached hydrogens (tertiary/aromatic N) is 3. The Bertz CT molecular complexity index is 310. The second-order valence-electron chi connectivity index (χ2n) is 3.87. The number of halogens is 1. The van der Waals surface area contributed by atoms with Crippen LogP contribution in [-0.4, -0.2) is 49.2 Å². The van der Waals surface area contributed by atoms with E-state index in [2.05, 4.69) is 21.7 Å². The fourth-order valence-corrected chi connectivity index (χ4v) is 2.64. The highest BCUT2D eigenvalue weighted by Crippen LogP contribution is 2.22. The summed E-state index contributed by atoms with van der Waals surface area (Å²) in [5, 5.41) is 1.17. The largest absolute Gasteiger partial charge is 0.346 e. The third-order valence-corrected chi connectivity index (χ3v) is 3.67. The lowest BCUT2D eigenvalue weighted by molar-refractivity contribution is 0.265. The number of aromatic nitrogens is 1. The van der Waals surface area contributed by atoms with Crippen LogP contribution in [0.3, 0.4) is 0 Å². The van der Waals surface area contributed by atoms with Crippen LogP contribution in [0.25, 0.3) is 0 Å². The third kappa shape index (κ3) is 3.31. The molecule has 0 amide bonds. The van der Waals surface area contributed by atoms with Crippen LogP contribution in [0.5, 0.6) is 0 Å². The van der Waals surface area contributed by atoms with Crippen LogP contribution < -0.4 is 10.6 Å². The summed E-state index contributed by atoms with van der Waals surface area (Å²) < 4.78 is 0. The average molecular weight is 263 g/mol. The zero-order chi connectivity index (χ0) is 10.7. The zero-order valence-electron chi connectivity index (χ0n) is 9.56. The van der Waals surface area contributed by atoms with Gasteiger partial charge in [-0.05, 0) is 6.92 Å². The number of hydrogen-bond acceptors (Lipinski definition) is 5. The van der Waals surface area contributed by atoms with E-state index in [1.807, 2.05) is 6.20 Å². The van der Waals surface area contributed by atoms with E-state index in [1.54, 1.807) is 11.3 Å². The topological polar surface area (TPSA) is 45.4 Å². The van der Waals surface area contributed by atoms with Crippen LogP contribution in [0.15, 0.2) is 6.20 Å². The molecule has 4 nitrogen and oxygen atoms in total. The summed E-state index contributed by atoms with van der Waals surface area (Å²) in [4.78, 5) is 10.5. The minimum atomic E-state index is 0.